The zero-order valence-corrected chi connectivity index (χ0v) is 11.9. The molecule has 1 aliphatic rings. The van der Waals surface area contributed by atoms with Crippen LogP contribution in [-0.2, 0) is 4.79 Å². The van der Waals surface area contributed by atoms with Crippen molar-refractivity contribution in [3.05, 3.63) is 60.2 Å². The predicted molar refractivity (Wildman–Crippen MR) is 85.3 cm³/mol. The molecule has 2 aromatic carbocycles. The van der Waals surface area contributed by atoms with Gasteiger partial charge in [0.05, 0.1) is 17.1 Å². The Bertz CT molecular complexity index is 748. The largest absolute Gasteiger partial charge is 0.299 e. The smallest absolute Gasteiger partial charge is 0.265 e. The molecule has 104 valence electrons. The lowest BCUT2D eigenvalue weighted by molar-refractivity contribution is -0.112. The molecule has 1 heterocycles. The molecular formula is C17H15N3O. The van der Waals surface area contributed by atoms with E-state index in [9.17, 15) is 4.79 Å². The molecule has 0 radical (unpaired) electrons. The van der Waals surface area contributed by atoms with Crippen molar-refractivity contribution >= 4 is 28.7 Å². The van der Waals surface area contributed by atoms with Crippen molar-refractivity contribution in [2.24, 2.45) is 10.1 Å². The summed E-state index contributed by atoms with van der Waals surface area (Å²) in [6.45, 7) is 3.80. The quantitative estimate of drug-likeness (QED) is 0.828. The van der Waals surface area contributed by atoms with Crippen LogP contribution in [0, 0.1) is 6.92 Å². The zero-order chi connectivity index (χ0) is 14.8. The van der Waals surface area contributed by atoms with Crippen LogP contribution in [0.25, 0.3) is 0 Å². The fourth-order valence-electron chi connectivity index (χ4n) is 2.20. The normalized spacial score (nSPS) is 16.5. The first-order valence-electron chi connectivity index (χ1n) is 6.75. The topological polar surface area (TPSA) is 45.0 Å². The van der Waals surface area contributed by atoms with Crippen LogP contribution in [0.4, 0.5) is 11.4 Å². The van der Waals surface area contributed by atoms with Gasteiger partial charge in [0.2, 0.25) is 0 Å². The highest BCUT2D eigenvalue weighted by molar-refractivity contribution is 6.71. The van der Waals surface area contributed by atoms with Crippen molar-refractivity contribution < 1.29 is 4.79 Å². The highest BCUT2D eigenvalue weighted by atomic mass is 16.2. The summed E-state index contributed by atoms with van der Waals surface area (Å²) >= 11 is 0. The third kappa shape index (κ3) is 2.60. The number of aliphatic imine (C=N–C) groups is 1. The number of hydrogen-bond acceptors (Lipinski definition) is 3. The van der Waals surface area contributed by atoms with E-state index in [1.165, 1.54) is 5.01 Å². The third-order valence-corrected chi connectivity index (χ3v) is 3.23. The van der Waals surface area contributed by atoms with Crippen LogP contribution in [-0.4, -0.2) is 17.3 Å². The minimum atomic E-state index is -0.194. The zero-order valence-electron chi connectivity index (χ0n) is 11.9. The second kappa shape index (κ2) is 5.32. The maximum absolute atomic E-state index is 12.5. The predicted octanol–water partition coefficient (Wildman–Crippen LogP) is 3.49. The second-order valence-corrected chi connectivity index (χ2v) is 4.94. The fourth-order valence-corrected chi connectivity index (χ4v) is 2.20. The molecule has 0 atom stereocenters. The number of hydrogen-bond donors (Lipinski definition) is 0. The van der Waals surface area contributed by atoms with Gasteiger partial charge in [0, 0.05) is 0 Å². The Morgan fingerprint density at radius 2 is 1.76 bits per heavy atom. The van der Waals surface area contributed by atoms with Gasteiger partial charge in [-0.05, 0) is 43.7 Å². The summed E-state index contributed by atoms with van der Waals surface area (Å²) in [6, 6.07) is 17.1. The molecule has 0 N–H and O–H groups in total. The third-order valence-electron chi connectivity index (χ3n) is 3.23. The lowest BCUT2D eigenvalue weighted by Gasteiger charge is -2.10. The van der Waals surface area contributed by atoms with E-state index >= 15 is 0 Å². The number of hydrazone groups is 1. The number of anilines is 1. The highest BCUT2D eigenvalue weighted by Crippen LogP contribution is 2.21. The van der Waals surface area contributed by atoms with Crippen molar-refractivity contribution in [3.8, 4) is 0 Å². The number of carbonyl (C=O) groups is 1. The first-order chi connectivity index (χ1) is 10.1. The molecule has 1 amide bonds. The van der Waals surface area contributed by atoms with Gasteiger partial charge in [0.25, 0.3) is 5.91 Å². The van der Waals surface area contributed by atoms with Crippen LogP contribution in [0.2, 0.25) is 0 Å². The number of rotatable bonds is 2. The van der Waals surface area contributed by atoms with Crippen molar-refractivity contribution in [1.29, 1.82) is 0 Å². The molecule has 0 bridgehead atoms. The van der Waals surface area contributed by atoms with Gasteiger partial charge < -0.3 is 0 Å². The van der Waals surface area contributed by atoms with E-state index in [1.807, 2.05) is 61.5 Å². The van der Waals surface area contributed by atoms with Crippen molar-refractivity contribution in [2.75, 3.05) is 5.01 Å². The molecular weight excluding hydrogens is 262 g/mol. The van der Waals surface area contributed by atoms with E-state index < -0.39 is 0 Å². The highest BCUT2D eigenvalue weighted by Gasteiger charge is 2.30. The lowest BCUT2D eigenvalue weighted by Crippen LogP contribution is -2.26. The Labute approximate surface area is 123 Å². The molecule has 0 unspecified atom stereocenters. The van der Waals surface area contributed by atoms with E-state index in [1.54, 1.807) is 6.92 Å². The minimum absolute atomic E-state index is 0.194. The summed E-state index contributed by atoms with van der Waals surface area (Å²) in [5, 5.41) is 5.70. The minimum Gasteiger partial charge on any atom is -0.265 e. The number of nitrogens with zero attached hydrogens (tertiary/aromatic N) is 3. The number of amides is 1. The SMILES string of the molecule is CC1=NN(c2ccccc2)C(=O)C1=Nc1cccc(C)c1. The van der Waals surface area contributed by atoms with Crippen molar-refractivity contribution in [2.45, 2.75) is 13.8 Å². The molecule has 0 aromatic heterocycles. The lowest BCUT2D eigenvalue weighted by atomic mass is 10.2. The Morgan fingerprint density at radius 1 is 1.00 bits per heavy atom. The average Bonchev–Trinajstić information content (AvgIpc) is 2.76. The van der Waals surface area contributed by atoms with E-state index in [2.05, 4.69) is 10.1 Å². The van der Waals surface area contributed by atoms with E-state index in [0.29, 0.717) is 11.4 Å². The molecule has 2 aromatic rings. The Balaban J connectivity index is 1.96. The van der Waals surface area contributed by atoms with Gasteiger partial charge in [-0.1, -0.05) is 30.3 Å². The van der Waals surface area contributed by atoms with Crippen LogP contribution in [0.15, 0.2) is 64.7 Å². The van der Waals surface area contributed by atoms with Gasteiger partial charge in [-0.25, -0.2) is 4.99 Å². The number of para-hydroxylation sites is 1. The van der Waals surface area contributed by atoms with Gasteiger partial charge in [0.1, 0.15) is 0 Å². The molecule has 0 fully saturated rings. The monoisotopic (exact) mass is 277 g/mol. The Kier molecular flexibility index (Phi) is 3.36. The molecule has 1 aliphatic heterocycles. The molecule has 0 spiro atoms. The van der Waals surface area contributed by atoms with Crippen LogP contribution in [0.3, 0.4) is 0 Å². The number of benzene rings is 2. The molecule has 4 nitrogen and oxygen atoms in total. The summed E-state index contributed by atoms with van der Waals surface area (Å²) in [7, 11) is 0. The number of carbonyl (C=O) groups excluding carboxylic acids is 1. The van der Waals surface area contributed by atoms with Gasteiger partial charge in [-0.3, -0.25) is 4.79 Å². The van der Waals surface area contributed by atoms with Crippen LogP contribution in [0.5, 0.6) is 0 Å². The molecule has 21 heavy (non-hydrogen) atoms. The van der Waals surface area contributed by atoms with Crippen molar-refractivity contribution in [1.82, 2.24) is 0 Å². The standard InChI is InChI=1S/C17H15N3O/c1-12-7-6-8-14(11-12)18-16-13(2)19-20(17(16)21)15-9-4-3-5-10-15/h3-11H,1-2H3. The summed E-state index contributed by atoms with van der Waals surface area (Å²) in [4.78, 5) is 16.9. The number of aryl methyl sites for hydroxylation is 1. The molecule has 4 heteroatoms. The summed E-state index contributed by atoms with van der Waals surface area (Å²) < 4.78 is 0. The van der Waals surface area contributed by atoms with Gasteiger partial charge in [0.15, 0.2) is 5.71 Å². The molecule has 0 saturated heterocycles. The van der Waals surface area contributed by atoms with Crippen LogP contribution >= 0.6 is 0 Å². The summed E-state index contributed by atoms with van der Waals surface area (Å²) in [5.41, 5.74) is 3.64. The van der Waals surface area contributed by atoms with Crippen molar-refractivity contribution in [3.63, 3.8) is 0 Å². The van der Waals surface area contributed by atoms with Crippen LogP contribution < -0.4 is 5.01 Å². The molecule has 0 saturated carbocycles. The summed E-state index contributed by atoms with van der Waals surface area (Å²) in [5.74, 6) is -0.194. The average molecular weight is 277 g/mol. The summed E-state index contributed by atoms with van der Waals surface area (Å²) in [6.07, 6.45) is 0. The van der Waals surface area contributed by atoms with Gasteiger partial charge in [-0.2, -0.15) is 10.1 Å². The van der Waals surface area contributed by atoms with Crippen LogP contribution in [0.1, 0.15) is 12.5 Å². The Hall–Kier alpha value is -2.75. The maximum Gasteiger partial charge on any atom is 0.299 e. The second-order valence-electron chi connectivity index (χ2n) is 4.94. The van der Waals surface area contributed by atoms with Gasteiger partial charge >= 0.3 is 0 Å². The first-order valence-corrected chi connectivity index (χ1v) is 6.75. The maximum atomic E-state index is 12.5. The Morgan fingerprint density at radius 3 is 2.48 bits per heavy atom. The molecule has 3 rings (SSSR count). The molecule has 0 aliphatic carbocycles. The fraction of sp³-hybridized carbons (Fsp3) is 0.118. The van der Waals surface area contributed by atoms with E-state index in [-0.39, 0.29) is 5.91 Å². The van der Waals surface area contributed by atoms with Gasteiger partial charge in [-0.15, -0.1) is 0 Å². The van der Waals surface area contributed by atoms with E-state index in [4.69, 9.17) is 0 Å². The van der Waals surface area contributed by atoms with E-state index in [0.717, 1.165) is 16.9 Å². The first kappa shape index (κ1) is 13.2.